The summed E-state index contributed by atoms with van der Waals surface area (Å²) in [6.45, 7) is 1.81. The van der Waals surface area contributed by atoms with Crippen molar-refractivity contribution in [1.82, 2.24) is 0 Å². The van der Waals surface area contributed by atoms with E-state index in [0.717, 1.165) is 30.1 Å². The van der Waals surface area contributed by atoms with Crippen LogP contribution < -0.4 is 11.5 Å². The van der Waals surface area contributed by atoms with Crippen LogP contribution in [0.15, 0.2) is 0 Å². The molecule has 0 aromatic heterocycles. The van der Waals surface area contributed by atoms with Crippen LogP contribution in [0.2, 0.25) is 0 Å². The van der Waals surface area contributed by atoms with E-state index in [1.54, 1.807) is 6.92 Å². The molecule has 4 saturated carbocycles. The van der Waals surface area contributed by atoms with Crippen LogP contribution in [0, 0.1) is 29.6 Å². The molecule has 17 heavy (non-hydrogen) atoms. The Bertz CT molecular complexity index is 309. The highest BCUT2D eigenvalue weighted by molar-refractivity contribution is 5.83. The molecule has 0 heterocycles. The van der Waals surface area contributed by atoms with Crippen LogP contribution in [0.3, 0.4) is 0 Å². The Morgan fingerprint density at radius 1 is 1.12 bits per heavy atom. The summed E-state index contributed by atoms with van der Waals surface area (Å²) in [6.07, 6.45) is 7.80. The molecule has 0 aromatic carbocycles. The number of amides is 1. The van der Waals surface area contributed by atoms with Gasteiger partial charge in [-0.1, -0.05) is 0 Å². The molecule has 1 atom stereocenters. The lowest BCUT2D eigenvalue weighted by Crippen LogP contribution is -2.54. The van der Waals surface area contributed by atoms with Crippen molar-refractivity contribution in [2.24, 2.45) is 41.1 Å². The van der Waals surface area contributed by atoms with Gasteiger partial charge in [0.05, 0.1) is 5.54 Å². The van der Waals surface area contributed by atoms with Gasteiger partial charge in [0.1, 0.15) is 0 Å². The number of carbonyl (C=O) groups is 1. The van der Waals surface area contributed by atoms with Crippen molar-refractivity contribution >= 4 is 5.91 Å². The molecule has 0 radical (unpaired) electrons. The van der Waals surface area contributed by atoms with Gasteiger partial charge < -0.3 is 11.5 Å². The van der Waals surface area contributed by atoms with E-state index in [9.17, 15) is 4.79 Å². The summed E-state index contributed by atoms with van der Waals surface area (Å²) < 4.78 is 0. The maximum Gasteiger partial charge on any atom is 0.237 e. The third-order valence-corrected chi connectivity index (χ3v) is 5.64. The minimum absolute atomic E-state index is 0.341. The summed E-state index contributed by atoms with van der Waals surface area (Å²) in [4.78, 5) is 11.4. The first kappa shape index (κ1) is 11.5. The molecule has 1 unspecified atom stereocenters. The zero-order valence-corrected chi connectivity index (χ0v) is 10.7. The second-order valence-electron chi connectivity index (χ2n) is 7.08. The maximum absolute atomic E-state index is 11.4. The Hall–Kier alpha value is -0.570. The predicted octanol–water partition coefficient (Wildman–Crippen LogP) is 1.65. The molecule has 4 rings (SSSR count). The van der Waals surface area contributed by atoms with Crippen molar-refractivity contribution in [1.29, 1.82) is 0 Å². The summed E-state index contributed by atoms with van der Waals surface area (Å²) in [5.41, 5.74) is 10.7. The van der Waals surface area contributed by atoms with Gasteiger partial charge in [-0.2, -0.15) is 0 Å². The second kappa shape index (κ2) is 3.71. The minimum Gasteiger partial charge on any atom is -0.368 e. The zero-order valence-electron chi connectivity index (χ0n) is 10.7. The molecule has 0 spiro atoms. The average molecular weight is 236 g/mol. The van der Waals surface area contributed by atoms with Crippen molar-refractivity contribution < 1.29 is 4.79 Å². The molecule has 4 aliphatic carbocycles. The quantitative estimate of drug-likeness (QED) is 0.782. The Morgan fingerprint density at radius 3 is 2.00 bits per heavy atom. The van der Waals surface area contributed by atoms with Crippen LogP contribution in [0.5, 0.6) is 0 Å². The van der Waals surface area contributed by atoms with Gasteiger partial charge in [0.25, 0.3) is 0 Å². The van der Waals surface area contributed by atoms with Crippen LogP contribution >= 0.6 is 0 Å². The van der Waals surface area contributed by atoms with Crippen molar-refractivity contribution in [3.8, 4) is 0 Å². The fourth-order valence-electron chi connectivity index (χ4n) is 4.96. The van der Waals surface area contributed by atoms with E-state index < -0.39 is 5.54 Å². The van der Waals surface area contributed by atoms with E-state index in [1.165, 1.54) is 32.1 Å². The summed E-state index contributed by atoms with van der Waals surface area (Å²) in [5, 5.41) is 0. The van der Waals surface area contributed by atoms with Crippen LogP contribution in [0.4, 0.5) is 0 Å². The molecule has 96 valence electrons. The molecular weight excluding hydrogens is 212 g/mol. The maximum atomic E-state index is 11.4. The third kappa shape index (κ3) is 1.88. The SMILES string of the molecule is CC(N)(CC1C2CC3CC(C2)CC1C3)C(N)=O. The lowest BCUT2D eigenvalue weighted by molar-refractivity contribution is -0.125. The van der Waals surface area contributed by atoms with Crippen LogP contribution in [0.25, 0.3) is 0 Å². The summed E-state index contributed by atoms with van der Waals surface area (Å²) in [5.74, 6) is 3.93. The molecule has 4 N–H and O–H groups in total. The predicted molar refractivity (Wildman–Crippen MR) is 66.9 cm³/mol. The molecule has 3 heteroatoms. The van der Waals surface area contributed by atoms with Crippen LogP contribution in [0.1, 0.15) is 45.4 Å². The lowest BCUT2D eigenvalue weighted by atomic mass is 9.50. The smallest absolute Gasteiger partial charge is 0.237 e. The first-order chi connectivity index (χ1) is 7.95. The highest BCUT2D eigenvalue weighted by Crippen LogP contribution is 2.57. The van der Waals surface area contributed by atoms with E-state index >= 15 is 0 Å². The fourth-order valence-corrected chi connectivity index (χ4v) is 4.96. The molecule has 0 aliphatic heterocycles. The van der Waals surface area contributed by atoms with Crippen LogP contribution in [-0.2, 0) is 4.79 Å². The molecule has 4 fully saturated rings. The number of hydrogen-bond donors (Lipinski definition) is 2. The summed E-state index contributed by atoms with van der Waals surface area (Å²) >= 11 is 0. The highest BCUT2D eigenvalue weighted by Gasteiger charge is 2.49. The Morgan fingerprint density at radius 2 is 1.59 bits per heavy atom. The molecular formula is C14H24N2O. The number of primary amides is 1. The Kier molecular flexibility index (Phi) is 2.51. The molecule has 1 amide bonds. The van der Waals surface area contributed by atoms with Gasteiger partial charge in [-0.3, -0.25) is 4.79 Å². The minimum atomic E-state index is -0.806. The molecule has 3 nitrogen and oxygen atoms in total. The third-order valence-electron chi connectivity index (χ3n) is 5.64. The van der Waals surface area contributed by atoms with E-state index in [1.807, 2.05) is 0 Å². The van der Waals surface area contributed by atoms with Gasteiger partial charge >= 0.3 is 0 Å². The zero-order chi connectivity index (χ0) is 12.2. The second-order valence-corrected chi connectivity index (χ2v) is 7.08. The first-order valence-corrected chi connectivity index (χ1v) is 7.04. The average Bonchev–Trinajstić information content (AvgIpc) is 2.22. The van der Waals surface area contributed by atoms with Gasteiger partial charge in [-0.05, 0) is 75.0 Å². The molecule has 4 bridgehead atoms. The van der Waals surface area contributed by atoms with Crippen molar-refractivity contribution in [2.75, 3.05) is 0 Å². The van der Waals surface area contributed by atoms with Crippen LogP contribution in [-0.4, -0.2) is 11.4 Å². The highest BCUT2D eigenvalue weighted by atomic mass is 16.1. The molecule has 4 aliphatic rings. The Labute approximate surface area is 103 Å². The normalized spacial score (nSPS) is 46.8. The van der Waals surface area contributed by atoms with Gasteiger partial charge in [0.15, 0.2) is 0 Å². The van der Waals surface area contributed by atoms with E-state index in [-0.39, 0.29) is 5.91 Å². The first-order valence-electron chi connectivity index (χ1n) is 7.04. The van der Waals surface area contributed by atoms with Crippen molar-refractivity contribution in [3.63, 3.8) is 0 Å². The number of hydrogen-bond acceptors (Lipinski definition) is 2. The lowest BCUT2D eigenvalue weighted by Gasteiger charge is -2.55. The monoisotopic (exact) mass is 236 g/mol. The summed E-state index contributed by atoms with van der Waals surface area (Å²) in [7, 11) is 0. The number of rotatable bonds is 3. The number of carbonyl (C=O) groups excluding carboxylic acids is 1. The van der Waals surface area contributed by atoms with E-state index in [4.69, 9.17) is 11.5 Å². The standard InChI is InChI=1S/C14H24N2O/c1-14(16,13(15)17)7-12-10-3-8-2-9(5-10)6-11(12)4-8/h8-12H,2-7,16H2,1H3,(H2,15,17). The van der Waals surface area contributed by atoms with Crippen molar-refractivity contribution in [2.45, 2.75) is 51.0 Å². The van der Waals surface area contributed by atoms with Gasteiger partial charge in [-0.15, -0.1) is 0 Å². The van der Waals surface area contributed by atoms with Gasteiger partial charge in [0.2, 0.25) is 5.91 Å². The fraction of sp³-hybridized carbons (Fsp3) is 0.929. The molecule has 0 aromatic rings. The molecule has 0 saturated heterocycles. The Balaban J connectivity index is 1.74. The number of nitrogens with two attached hydrogens (primary N) is 2. The largest absolute Gasteiger partial charge is 0.368 e. The van der Waals surface area contributed by atoms with Gasteiger partial charge in [0, 0.05) is 0 Å². The van der Waals surface area contributed by atoms with E-state index in [0.29, 0.717) is 5.92 Å². The topological polar surface area (TPSA) is 69.1 Å². The van der Waals surface area contributed by atoms with Crippen molar-refractivity contribution in [3.05, 3.63) is 0 Å². The summed E-state index contributed by atoms with van der Waals surface area (Å²) in [6, 6.07) is 0. The van der Waals surface area contributed by atoms with E-state index in [2.05, 4.69) is 0 Å². The van der Waals surface area contributed by atoms with Gasteiger partial charge in [-0.25, -0.2) is 0 Å².